The van der Waals surface area contributed by atoms with E-state index in [2.05, 4.69) is 31.2 Å². The Balaban J connectivity index is 1.99. The molecule has 0 fully saturated rings. The topological polar surface area (TPSA) is 37.8 Å². The molecule has 0 radical (unpaired) electrons. The lowest BCUT2D eigenvalue weighted by Crippen LogP contribution is -2.03. The highest BCUT2D eigenvalue weighted by atomic mass is 79.9. The fourth-order valence-corrected chi connectivity index (χ4v) is 1.60. The molecule has 0 aliphatic carbocycles. The van der Waals surface area contributed by atoms with Gasteiger partial charge in [-0.15, -0.1) is 0 Å². The number of nitrogens with zero attached hydrogens (tertiary/aromatic N) is 2. The Kier molecular flexibility index (Phi) is 3.29. The Morgan fingerprint density at radius 3 is 2.67 bits per heavy atom. The van der Waals surface area contributed by atoms with Gasteiger partial charge in [0.15, 0.2) is 0 Å². The molecule has 2 rings (SSSR count). The van der Waals surface area contributed by atoms with Gasteiger partial charge >= 0.3 is 0 Å². The van der Waals surface area contributed by atoms with E-state index in [1.807, 2.05) is 30.3 Å². The quantitative estimate of drug-likeness (QED) is 0.926. The second kappa shape index (κ2) is 4.89. The molecule has 1 N–H and O–H groups in total. The molecule has 0 spiro atoms. The van der Waals surface area contributed by atoms with Crippen LogP contribution in [-0.4, -0.2) is 9.97 Å². The standard InChI is InChI=1S/C11H10BrN3/c12-9-3-1-4-10(7-9)15-8-11-13-5-2-6-14-11/h1-7,15H,8H2. The number of rotatable bonds is 3. The number of benzene rings is 1. The molecule has 76 valence electrons. The first-order valence-corrected chi connectivity index (χ1v) is 5.39. The van der Waals surface area contributed by atoms with Crippen LogP contribution in [0.5, 0.6) is 0 Å². The second-order valence-electron chi connectivity index (χ2n) is 3.03. The van der Waals surface area contributed by atoms with Crippen molar-refractivity contribution in [2.45, 2.75) is 6.54 Å². The maximum atomic E-state index is 4.13. The Morgan fingerprint density at radius 2 is 1.93 bits per heavy atom. The molecule has 0 aliphatic rings. The van der Waals surface area contributed by atoms with Gasteiger partial charge in [-0.3, -0.25) is 0 Å². The predicted molar refractivity (Wildman–Crippen MR) is 63.5 cm³/mol. The lowest BCUT2D eigenvalue weighted by molar-refractivity contribution is 0.948. The summed E-state index contributed by atoms with van der Waals surface area (Å²) < 4.78 is 1.06. The van der Waals surface area contributed by atoms with Crippen LogP contribution in [-0.2, 0) is 6.54 Å². The molecule has 2 aromatic rings. The van der Waals surface area contributed by atoms with Crippen LogP contribution >= 0.6 is 15.9 Å². The molecule has 0 amide bonds. The van der Waals surface area contributed by atoms with E-state index in [1.54, 1.807) is 12.4 Å². The molecular formula is C11H10BrN3. The van der Waals surface area contributed by atoms with Gasteiger partial charge in [0.2, 0.25) is 0 Å². The zero-order valence-electron chi connectivity index (χ0n) is 8.02. The van der Waals surface area contributed by atoms with E-state index < -0.39 is 0 Å². The zero-order chi connectivity index (χ0) is 10.5. The van der Waals surface area contributed by atoms with Crippen LogP contribution in [0.2, 0.25) is 0 Å². The number of hydrogen-bond acceptors (Lipinski definition) is 3. The van der Waals surface area contributed by atoms with Gasteiger partial charge in [0, 0.05) is 22.6 Å². The normalized spacial score (nSPS) is 9.93. The number of anilines is 1. The Bertz CT molecular complexity index is 431. The fourth-order valence-electron chi connectivity index (χ4n) is 1.20. The van der Waals surface area contributed by atoms with Crippen molar-refractivity contribution in [1.29, 1.82) is 0 Å². The first kappa shape index (κ1) is 10.1. The molecule has 0 atom stereocenters. The summed E-state index contributed by atoms with van der Waals surface area (Å²) in [4.78, 5) is 8.26. The van der Waals surface area contributed by atoms with E-state index in [4.69, 9.17) is 0 Å². The molecular weight excluding hydrogens is 254 g/mol. The molecule has 0 aliphatic heterocycles. The van der Waals surface area contributed by atoms with Crippen LogP contribution < -0.4 is 5.32 Å². The van der Waals surface area contributed by atoms with Gasteiger partial charge in [-0.05, 0) is 24.3 Å². The SMILES string of the molecule is Brc1cccc(NCc2ncccn2)c1. The molecule has 4 heteroatoms. The number of nitrogens with one attached hydrogen (secondary N) is 1. The highest BCUT2D eigenvalue weighted by Crippen LogP contribution is 2.15. The summed E-state index contributed by atoms with van der Waals surface area (Å²) in [5.74, 6) is 0.789. The molecule has 0 saturated carbocycles. The first-order chi connectivity index (χ1) is 7.34. The molecule has 15 heavy (non-hydrogen) atoms. The third-order valence-electron chi connectivity index (χ3n) is 1.89. The van der Waals surface area contributed by atoms with E-state index in [9.17, 15) is 0 Å². The van der Waals surface area contributed by atoms with Crippen molar-refractivity contribution in [1.82, 2.24) is 9.97 Å². The van der Waals surface area contributed by atoms with Crippen molar-refractivity contribution >= 4 is 21.6 Å². The lowest BCUT2D eigenvalue weighted by Gasteiger charge is -2.04. The van der Waals surface area contributed by atoms with E-state index >= 15 is 0 Å². The van der Waals surface area contributed by atoms with Crippen molar-refractivity contribution in [3.05, 3.63) is 53.0 Å². The molecule has 0 bridgehead atoms. The fraction of sp³-hybridized carbons (Fsp3) is 0.0909. The average molecular weight is 264 g/mol. The molecule has 1 aromatic heterocycles. The molecule has 1 aromatic carbocycles. The third kappa shape index (κ3) is 3.02. The van der Waals surface area contributed by atoms with Crippen molar-refractivity contribution in [3.8, 4) is 0 Å². The van der Waals surface area contributed by atoms with Crippen LogP contribution in [0.25, 0.3) is 0 Å². The maximum absolute atomic E-state index is 4.13. The molecule has 1 heterocycles. The number of halogens is 1. The Morgan fingerprint density at radius 1 is 1.13 bits per heavy atom. The minimum Gasteiger partial charge on any atom is -0.378 e. The van der Waals surface area contributed by atoms with Gasteiger partial charge in [-0.2, -0.15) is 0 Å². The number of aromatic nitrogens is 2. The summed E-state index contributed by atoms with van der Waals surface area (Å²) in [6.07, 6.45) is 3.48. The summed E-state index contributed by atoms with van der Waals surface area (Å²) >= 11 is 3.42. The van der Waals surface area contributed by atoms with Crippen LogP contribution in [0.4, 0.5) is 5.69 Å². The van der Waals surface area contributed by atoms with Gasteiger partial charge in [-0.25, -0.2) is 9.97 Å². The van der Waals surface area contributed by atoms with Gasteiger partial charge in [0.25, 0.3) is 0 Å². The average Bonchev–Trinajstić information content (AvgIpc) is 2.28. The lowest BCUT2D eigenvalue weighted by atomic mass is 10.3. The summed E-state index contributed by atoms with van der Waals surface area (Å²) in [7, 11) is 0. The monoisotopic (exact) mass is 263 g/mol. The summed E-state index contributed by atoms with van der Waals surface area (Å²) in [6, 6.07) is 9.81. The highest BCUT2D eigenvalue weighted by Gasteiger charge is 1.95. The van der Waals surface area contributed by atoms with E-state index in [0.717, 1.165) is 16.0 Å². The molecule has 0 saturated heterocycles. The van der Waals surface area contributed by atoms with Crippen molar-refractivity contribution in [2.75, 3.05) is 5.32 Å². The van der Waals surface area contributed by atoms with E-state index in [1.165, 1.54) is 0 Å². The van der Waals surface area contributed by atoms with Crippen LogP contribution in [0.15, 0.2) is 47.2 Å². The highest BCUT2D eigenvalue weighted by molar-refractivity contribution is 9.10. The summed E-state index contributed by atoms with van der Waals surface area (Å²) in [5.41, 5.74) is 1.05. The molecule has 0 unspecified atom stereocenters. The van der Waals surface area contributed by atoms with E-state index in [0.29, 0.717) is 6.54 Å². The Labute approximate surface area is 96.7 Å². The first-order valence-electron chi connectivity index (χ1n) is 4.60. The third-order valence-corrected chi connectivity index (χ3v) is 2.39. The minimum atomic E-state index is 0.636. The van der Waals surface area contributed by atoms with Crippen molar-refractivity contribution < 1.29 is 0 Å². The van der Waals surface area contributed by atoms with Gasteiger partial charge < -0.3 is 5.32 Å². The van der Waals surface area contributed by atoms with Crippen LogP contribution in [0.3, 0.4) is 0 Å². The zero-order valence-corrected chi connectivity index (χ0v) is 9.61. The van der Waals surface area contributed by atoms with Gasteiger partial charge in [0.05, 0.1) is 6.54 Å². The predicted octanol–water partition coefficient (Wildman–Crippen LogP) is 2.85. The maximum Gasteiger partial charge on any atom is 0.147 e. The van der Waals surface area contributed by atoms with Crippen LogP contribution in [0, 0.1) is 0 Å². The van der Waals surface area contributed by atoms with Crippen molar-refractivity contribution in [2.24, 2.45) is 0 Å². The Hall–Kier alpha value is -1.42. The smallest absolute Gasteiger partial charge is 0.147 e. The second-order valence-corrected chi connectivity index (χ2v) is 3.94. The van der Waals surface area contributed by atoms with E-state index in [-0.39, 0.29) is 0 Å². The van der Waals surface area contributed by atoms with Gasteiger partial charge in [0.1, 0.15) is 5.82 Å². The summed E-state index contributed by atoms with van der Waals surface area (Å²) in [5, 5.41) is 3.25. The van der Waals surface area contributed by atoms with Crippen LogP contribution in [0.1, 0.15) is 5.82 Å². The largest absolute Gasteiger partial charge is 0.378 e. The van der Waals surface area contributed by atoms with Gasteiger partial charge in [-0.1, -0.05) is 22.0 Å². The summed E-state index contributed by atoms with van der Waals surface area (Å²) in [6.45, 7) is 0.636. The number of hydrogen-bond donors (Lipinski definition) is 1. The van der Waals surface area contributed by atoms with Crippen molar-refractivity contribution in [3.63, 3.8) is 0 Å². The molecule has 3 nitrogen and oxygen atoms in total. The minimum absolute atomic E-state index is 0.636.